The largest absolute Gasteiger partial charge is 0.453 e. The van der Waals surface area contributed by atoms with Crippen LogP contribution in [0.5, 0.6) is 5.75 Å². The minimum absolute atomic E-state index is 0.0377. The van der Waals surface area contributed by atoms with Crippen LogP contribution in [0.25, 0.3) is 0 Å². The number of hydrogen-bond acceptors (Lipinski definition) is 11. The molecule has 0 aromatic heterocycles. The number of hydrogen-bond donors (Lipinski definition) is 0. The standard InChI is InChI=1S/C23H21NO11/c1-13(25)33-17-5-3-2-4-16(17)23(27)35-19-12-31-20-18(11-30-21(19)20)34-22(26)15-8-6-14(7-9-15)10-32-24(28)29/h2-9,18-21H,10-12H2,1H3/t18-,19+,20-,21-/m1/s1. The average Bonchev–Trinajstić information content (AvgIpc) is 3.41. The van der Waals surface area contributed by atoms with E-state index in [1.54, 1.807) is 12.1 Å². The molecule has 4 rings (SSSR count). The van der Waals surface area contributed by atoms with Crippen molar-refractivity contribution in [2.75, 3.05) is 13.2 Å². The number of carbonyl (C=O) groups is 3. The Hall–Kier alpha value is -4.03. The van der Waals surface area contributed by atoms with Crippen LogP contribution in [0.4, 0.5) is 0 Å². The van der Waals surface area contributed by atoms with E-state index in [9.17, 15) is 24.5 Å². The van der Waals surface area contributed by atoms with E-state index in [0.717, 1.165) is 0 Å². The van der Waals surface area contributed by atoms with Gasteiger partial charge in [0, 0.05) is 6.92 Å². The predicted molar refractivity (Wildman–Crippen MR) is 114 cm³/mol. The van der Waals surface area contributed by atoms with E-state index in [1.807, 2.05) is 0 Å². The SMILES string of the molecule is CC(=O)Oc1ccccc1C(=O)O[C@H]1CO[C@H]2[C@@H]1OC[C@H]2OC(=O)c1ccc(CO[N+](=O)[O-])cc1. The minimum Gasteiger partial charge on any atom is -0.453 e. The van der Waals surface area contributed by atoms with Gasteiger partial charge in [-0.1, -0.05) is 24.3 Å². The minimum atomic E-state index is -0.899. The molecule has 2 aromatic rings. The highest BCUT2D eigenvalue weighted by molar-refractivity contribution is 5.93. The van der Waals surface area contributed by atoms with Gasteiger partial charge in [0.15, 0.2) is 12.2 Å². The Balaban J connectivity index is 1.34. The highest BCUT2D eigenvalue weighted by Crippen LogP contribution is 2.32. The Kier molecular flexibility index (Phi) is 7.22. The first-order valence-electron chi connectivity index (χ1n) is 10.6. The van der Waals surface area contributed by atoms with Crippen LogP contribution in [-0.4, -0.2) is 60.6 Å². The monoisotopic (exact) mass is 487 g/mol. The molecule has 2 fully saturated rings. The van der Waals surface area contributed by atoms with Gasteiger partial charge in [-0.05, 0) is 29.8 Å². The molecule has 0 bridgehead atoms. The van der Waals surface area contributed by atoms with Crippen LogP contribution in [-0.2, 0) is 35.2 Å². The van der Waals surface area contributed by atoms with Crippen LogP contribution in [0.2, 0.25) is 0 Å². The third kappa shape index (κ3) is 5.73. The second-order valence-electron chi connectivity index (χ2n) is 7.77. The number of benzene rings is 2. The lowest BCUT2D eigenvalue weighted by atomic mass is 10.1. The van der Waals surface area contributed by atoms with Crippen molar-refractivity contribution in [2.45, 2.75) is 37.9 Å². The molecular weight excluding hydrogens is 466 g/mol. The van der Waals surface area contributed by atoms with Crippen molar-refractivity contribution in [3.05, 3.63) is 75.3 Å². The Morgan fingerprint density at radius 2 is 1.54 bits per heavy atom. The van der Waals surface area contributed by atoms with Gasteiger partial charge in [0.1, 0.15) is 30.1 Å². The van der Waals surface area contributed by atoms with E-state index in [1.165, 1.54) is 43.3 Å². The molecule has 12 nitrogen and oxygen atoms in total. The molecule has 2 aliphatic rings. The lowest BCUT2D eigenvalue weighted by molar-refractivity contribution is -0.763. The highest BCUT2D eigenvalue weighted by Gasteiger charge is 2.51. The number of nitrogens with zero attached hydrogens (tertiary/aromatic N) is 1. The molecule has 2 aromatic carbocycles. The second-order valence-corrected chi connectivity index (χ2v) is 7.77. The molecule has 0 saturated carbocycles. The summed E-state index contributed by atoms with van der Waals surface area (Å²) in [5.74, 6) is -1.82. The van der Waals surface area contributed by atoms with Crippen LogP contribution < -0.4 is 4.74 Å². The van der Waals surface area contributed by atoms with Crippen molar-refractivity contribution in [2.24, 2.45) is 0 Å². The molecule has 2 heterocycles. The quantitative estimate of drug-likeness (QED) is 0.232. The molecule has 4 atom stereocenters. The third-order valence-corrected chi connectivity index (χ3v) is 5.37. The van der Waals surface area contributed by atoms with Gasteiger partial charge in [-0.15, -0.1) is 10.1 Å². The van der Waals surface area contributed by atoms with E-state index in [4.69, 9.17) is 23.7 Å². The summed E-state index contributed by atoms with van der Waals surface area (Å²) in [4.78, 5) is 51.1. The number of para-hydroxylation sites is 1. The summed E-state index contributed by atoms with van der Waals surface area (Å²) in [5, 5.41) is 9.38. The molecule has 0 amide bonds. The van der Waals surface area contributed by atoms with Crippen molar-refractivity contribution in [3.8, 4) is 5.75 Å². The van der Waals surface area contributed by atoms with Crippen molar-refractivity contribution >= 4 is 17.9 Å². The van der Waals surface area contributed by atoms with Crippen molar-refractivity contribution in [3.63, 3.8) is 0 Å². The molecular formula is C23H21NO11. The molecule has 2 aliphatic heterocycles. The summed E-state index contributed by atoms with van der Waals surface area (Å²) < 4.78 is 27.5. The Labute approximate surface area is 198 Å². The van der Waals surface area contributed by atoms with E-state index in [0.29, 0.717) is 5.56 Å². The van der Waals surface area contributed by atoms with E-state index >= 15 is 0 Å². The maximum absolute atomic E-state index is 12.7. The molecule has 2 saturated heterocycles. The summed E-state index contributed by atoms with van der Waals surface area (Å²) in [6, 6.07) is 12.2. The number of fused-ring (bicyclic) bond motifs is 1. The first kappa shape index (κ1) is 24.1. The topological polar surface area (TPSA) is 150 Å². The molecule has 0 N–H and O–H groups in total. The fourth-order valence-electron chi connectivity index (χ4n) is 3.78. The molecule has 0 radical (unpaired) electrons. The number of ether oxygens (including phenoxy) is 5. The molecule has 12 heteroatoms. The van der Waals surface area contributed by atoms with E-state index < -0.39 is 47.4 Å². The van der Waals surface area contributed by atoms with Crippen LogP contribution in [0.3, 0.4) is 0 Å². The van der Waals surface area contributed by atoms with Crippen LogP contribution in [0.1, 0.15) is 33.2 Å². The van der Waals surface area contributed by atoms with Crippen LogP contribution >= 0.6 is 0 Å². The Morgan fingerprint density at radius 3 is 2.14 bits per heavy atom. The van der Waals surface area contributed by atoms with Gasteiger partial charge in [0.05, 0.1) is 18.8 Å². The summed E-state index contributed by atoms with van der Waals surface area (Å²) in [6.07, 6.45) is -2.74. The van der Waals surface area contributed by atoms with Gasteiger partial charge in [-0.2, -0.15) is 0 Å². The van der Waals surface area contributed by atoms with Gasteiger partial charge in [0.25, 0.3) is 5.09 Å². The first-order chi connectivity index (χ1) is 16.8. The Bertz CT molecular complexity index is 1120. The lowest BCUT2D eigenvalue weighted by Crippen LogP contribution is -2.36. The molecule has 0 aliphatic carbocycles. The van der Waals surface area contributed by atoms with Gasteiger partial charge in [-0.3, -0.25) is 4.79 Å². The Morgan fingerprint density at radius 1 is 0.943 bits per heavy atom. The number of rotatable bonds is 8. The average molecular weight is 487 g/mol. The number of esters is 3. The second kappa shape index (κ2) is 10.5. The van der Waals surface area contributed by atoms with Gasteiger partial charge < -0.3 is 28.5 Å². The van der Waals surface area contributed by atoms with Gasteiger partial charge in [-0.25, -0.2) is 9.59 Å². The smallest absolute Gasteiger partial charge is 0.342 e. The van der Waals surface area contributed by atoms with E-state index in [2.05, 4.69) is 4.84 Å². The zero-order valence-electron chi connectivity index (χ0n) is 18.5. The van der Waals surface area contributed by atoms with Crippen molar-refractivity contribution < 1.29 is 48.0 Å². The van der Waals surface area contributed by atoms with Gasteiger partial charge >= 0.3 is 17.9 Å². The summed E-state index contributed by atoms with van der Waals surface area (Å²) in [6.45, 7) is 1.08. The fourth-order valence-corrected chi connectivity index (χ4v) is 3.78. The van der Waals surface area contributed by atoms with Crippen LogP contribution in [0.15, 0.2) is 48.5 Å². The third-order valence-electron chi connectivity index (χ3n) is 5.37. The highest BCUT2D eigenvalue weighted by atomic mass is 16.9. The fraction of sp³-hybridized carbons (Fsp3) is 0.348. The maximum atomic E-state index is 12.7. The molecule has 0 spiro atoms. The summed E-state index contributed by atoms with van der Waals surface area (Å²) >= 11 is 0. The molecule has 0 unspecified atom stereocenters. The predicted octanol–water partition coefficient (Wildman–Crippen LogP) is 1.87. The first-order valence-corrected chi connectivity index (χ1v) is 10.6. The number of carbonyl (C=O) groups excluding carboxylic acids is 3. The van der Waals surface area contributed by atoms with Crippen molar-refractivity contribution in [1.82, 2.24) is 0 Å². The zero-order valence-corrected chi connectivity index (χ0v) is 18.5. The molecule has 184 valence electrons. The van der Waals surface area contributed by atoms with E-state index in [-0.39, 0.29) is 36.7 Å². The normalized spacial score (nSPS) is 22.7. The van der Waals surface area contributed by atoms with Gasteiger partial charge in [0.2, 0.25) is 0 Å². The maximum Gasteiger partial charge on any atom is 0.342 e. The molecule has 35 heavy (non-hydrogen) atoms. The lowest BCUT2D eigenvalue weighted by Gasteiger charge is -2.18. The summed E-state index contributed by atoms with van der Waals surface area (Å²) in [7, 11) is 0. The summed E-state index contributed by atoms with van der Waals surface area (Å²) in [5.41, 5.74) is 0.835. The zero-order chi connectivity index (χ0) is 24.9. The van der Waals surface area contributed by atoms with Crippen LogP contribution in [0, 0.1) is 10.1 Å². The van der Waals surface area contributed by atoms with Crippen molar-refractivity contribution in [1.29, 1.82) is 0 Å².